The van der Waals surface area contributed by atoms with Crippen LogP contribution in [0, 0.1) is 17.1 Å². The minimum absolute atomic E-state index is 0.000366. The van der Waals surface area contributed by atoms with Gasteiger partial charge in [0.1, 0.15) is 30.3 Å². The van der Waals surface area contributed by atoms with Crippen molar-refractivity contribution in [2.24, 2.45) is 0 Å². The quantitative estimate of drug-likeness (QED) is 0.709. The van der Waals surface area contributed by atoms with Crippen molar-refractivity contribution in [2.75, 3.05) is 13.1 Å². The first-order valence-corrected chi connectivity index (χ1v) is 9.96. The molecule has 0 aromatic heterocycles. The zero-order valence-electron chi connectivity index (χ0n) is 16.4. The summed E-state index contributed by atoms with van der Waals surface area (Å²) in [6.45, 7) is 1.51. The Hall–Kier alpha value is -3.40. The van der Waals surface area contributed by atoms with Gasteiger partial charge in [-0.3, -0.25) is 4.79 Å². The van der Waals surface area contributed by atoms with Gasteiger partial charge in [0.05, 0.1) is 11.1 Å². The predicted molar refractivity (Wildman–Crippen MR) is 105 cm³/mol. The minimum Gasteiger partial charge on any atom is -0.490 e. The number of nitrogens with zero attached hydrogens (tertiary/aromatic N) is 2. The normalized spacial score (nSPS) is 16.0. The van der Waals surface area contributed by atoms with Crippen molar-refractivity contribution in [3.8, 4) is 11.8 Å². The summed E-state index contributed by atoms with van der Waals surface area (Å²) in [5.74, 6) is -0.0871. The molecule has 1 saturated heterocycles. The monoisotopic (exact) mass is 408 g/mol. The molecule has 6 nitrogen and oxygen atoms in total. The van der Waals surface area contributed by atoms with Crippen LogP contribution >= 0.6 is 0 Å². The predicted octanol–water partition coefficient (Wildman–Crippen LogP) is 3.37. The Morgan fingerprint density at radius 1 is 1.23 bits per heavy atom. The third kappa shape index (κ3) is 4.28. The summed E-state index contributed by atoms with van der Waals surface area (Å²) in [7, 11) is 0. The van der Waals surface area contributed by atoms with Crippen molar-refractivity contribution < 1.29 is 23.5 Å². The zero-order chi connectivity index (χ0) is 21.1. The van der Waals surface area contributed by atoms with E-state index < -0.39 is 5.82 Å². The Morgan fingerprint density at radius 2 is 2.03 bits per heavy atom. The number of piperidine rings is 1. The number of carbonyl (C=O) groups excluding carboxylic acids is 2. The molecule has 2 aromatic rings. The highest BCUT2D eigenvalue weighted by Crippen LogP contribution is 2.27. The molecule has 0 unspecified atom stereocenters. The first kappa shape index (κ1) is 19.9. The molecule has 2 aromatic carbocycles. The van der Waals surface area contributed by atoms with Crippen molar-refractivity contribution in [3.05, 3.63) is 64.5 Å². The molecule has 0 N–H and O–H groups in total. The van der Waals surface area contributed by atoms with Gasteiger partial charge in [0.15, 0.2) is 0 Å². The zero-order valence-corrected chi connectivity index (χ0v) is 16.4. The first-order valence-electron chi connectivity index (χ1n) is 9.96. The van der Waals surface area contributed by atoms with Gasteiger partial charge in [-0.2, -0.15) is 5.26 Å². The van der Waals surface area contributed by atoms with E-state index in [0.29, 0.717) is 37.2 Å². The SMILES string of the molecule is N#Cc1cc(CCC(=O)N2CCC(Oc3ccc4c(c3)COC4=O)CC2)ccc1F. The van der Waals surface area contributed by atoms with Gasteiger partial charge < -0.3 is 14.4 Å². The maximum atomic E-state index is 13.4. The summed E-state index contributed by atoms with van der Waals surface area (Å²) in [5, 5.41) is 8.91. The van der Waals surface area contributed by atoms with Crippen LogP contribution in [0.15, 0.2) is 36.4 Å². The summed E-state index contributed by atoms with van der Waals surface area (Å²) in [6, 6.07) is 11.5. The Labute approximate surface area is 173 Å². The molecule has 0 atom stereocenters. The molecule has 0 aliphatic carbocycles. The number of benzene rings is 2. The number of ether oxygens (including phenoxy) is 2. The molecule has 0 radical (unpaired) electrons. The highest BCUT2D eigenvalue weighted by molar-refractivity contribution is 5.93. The lowest BCUT2D eigenvalue weighted by atomic mass is 10.0. The molecule has 30 heavy (non-hydrogen) atoms. The van der Waals surface area contributed by atoms with Crippen LogP contribution < -0.4 is 4.74 Å². The second-order valence-corrected chi connectivity index (χ2v) is 7.52. The lowest BCUT2D eigenvalue weighted by Crippen LogP contribution is -2.41. The van der Waals surface area contributed by atoms with E-state index in [9.17, 15) is 14.0 Å². The molecule has 154 valence electrons. The van der Waals surface area contributed by atoms with E-state index in [0.717, 1.165) is 24.0 Å². The topological polar surface area (TPSA) is 79.6 Å². The van der Waals surface area contributed by atoms with E-state index in [-0.39, 0.29) is 30.2 Å². The third-order valence-corrected chi connectivity index (χ3v) is 5.53. The first-order chi connectivity index (χ1) is 14.5. The Bertz CT molecular complexity index is 1020. The summed E-state index contributed by atoms with van der Waals surface area (Å²) in [4.78, 5) is 25.9. The van der Waals surface area contributed by atoms with Crippen LogP contribution in [0.4, 0.5) is 4.39 Å². The molecule has 2 heterocycles. The van der Waals surface area contributed by atoms with Crippen molar-refractivity contribution in [1.82, 2.24) is 4.90 Å². The molecule has 4 rings (SSSR count). The van der Waals surface area contributed by atoms with Gasteiger partial charge in [0.25, 0.3) is 0 Å². The summed E-state index contributed by atoms with van der Waals surface area (Å²) >= 11 is 0. The number of carbonyl (C=O) groups is 2. The fourth-order valence-corrected chi connectivity index (χ4v) is 3.82. The van der Waals surface area contributed by atoms with E-state index in [1.54, 1.807) is 18.2 Å². The Kier molecular flexibility index (Phi) is 5.66. The molecule has 2 aliphatic heterocycles. The number of halogens is 1. The van der Waals surface area contributed by atoms with Gasteiger partial charge in [-0.25, -0.2) is 9.18 Å². The molecule has 2 aliphatic rings. The number of aryl methyl sites for hydroxylation is 1. The van der Waals surface area contributed by atoms with Gasteiger partial charge >= 0.3 is 5.97 Å². The molecule has 7 heteroatoms. The fraction of sp³-hybridized carbons (Fsp3) is 0.348. The van der Waals surface area contributed by atoms with E-state index >= 15 is 0 Å². The smallest absolute Gasteiger partial charge is 0.338 e. The Balaban J connectivity index is 1.26. The molecule has 0 spiro atoms. The molecule has 1 fully saturated rings. The summed E-state index contributed by atoms with van der Waals surface area (Å²) in [6.07, 6.45) is 2.27. The van der Waals surface area contributed by atoms with Gasteiger partial charge in [-0.1, -0.05) is 6.07 Å². The van der Waals surface area contributed by atoms with Crippen molar-refractivity contribution >= 4 is 11.9 Å². The van der Waals surface area contributed by atoms with Crippen LogP contribution in [0.25, 0.3) is 0 Å². The Morgan fingerprint density at radius 3 is 2.80 bits per heavy atom. The number of hydrogen-bond acceptors (Lipinski definition) is 5. The van der Waals surface area contributed by atoms with E-state index in [2.05, 4.69) is 0 Å². The third-order valence-electron chi connectivity index (χ3n) is 5.53. The average Bonchev–Trinajstić information content (AvgIpc) is 3.13. The minimum atomic E-state index is -0.544. The maximum absolute atomic E-state index is 13.4. The van der Waals surface area contributed by atoms with Crippen LogP contribution in [0.1, 0.15) is 46.3 Å². The number of rotatable bonds is 5. The van der Waals surface area contributed by atoms with Crippen LogP contribution in [-0.4, -0.2) is 36.0 Å². The lowest BCUT2D eigenvalue weighted by molar-refractivity contribution is -0.132. The number of esters is 1. The molecular formula is C23H21FN2O4. The second-order valence-electron chi connectivity index (χ2n) is 7.52. The molecule has 0 saturated carbocycles. The lowest BCUT2D eigenvalue weighted by Gasteiger charge is -2.32. The number of amides is 1. The van der Waals surface area contributed by atoms with Crippen molar-refractivity contribution in [3.63, 3.8) is 0 Å². The van der Waals surface area contributed by atoms with Crippen molar-refractivity contribution in [2.45, 2.75) is 38.4 Å². The van der Waals surface area contributed by atoms with Gasteiger partial charge in [0.2, 0.25) is 5.91 Å². The fourth-order valence-electron chi connectivity index (χ4n) is 3.82. The molecule has 0 bridgehead atoms. The molecular weight excluding hydrogens is 387 g/mol. The van der Waals surface area contributed by atoms with Crippen LogP contribution in [0.3, 0.4) is 0 Å². The van der Waals surface area contributed by atoms with Gasteiger partial charge in [-0.15, -0.1) is 0 Å². The largest absolute Gasteiger partial charge is 0.490 e. The summed E-state index contributed by atoms with van der Waals surface area (Å²) < 4.78 is 24.5. The highest BCUT2D eigenvalue weighted by Gasteiger charge is 2.25. The number of nitriles is 1. The van der Waals surface area contributed by atoms with Crippen LogP contribution in [-0.2, 0) is 22.6 Å². The second kappa shape index (κ2) is 8.54. The van der Waals surface area contributed by atoms with Gasteiger partial charge in [0, 0.05) is 37.9 Å². The number of fused-ring (bicyclic) bond motifs is 1. The van der Waals surface area contributed by atoms with E-state index in [4.69, 9.17) is 14.7 Å². The number of cyclic esters (lactones) is 1. The van der Waals surface area contributed by atoms with E-state index in [1.807, 2.05) is 17.0 Å². The van der Waals surface area contributed by atoms with Crippen molar-refractivity contribution in [1.29, 1.82) is 5.26 Å². The van der Waals surface area contributed by atoms with Crippen LogP contribution in [0.5, 0.6) is 5.75 Å². The van der Waals surface area contributed by atoms with Crippen LogP contribution in [0.2, 0.25) is 0 Å². The maximum Gasteiger partial charge on any atom is 0.338 e. The molecule has 1 amide bonds. The number of hydrogen-bond donors (Lipinski definition) is 0. The average molecular weight is 408 g/mol. The summed E-state index contributed by atoms with van der Waals surface area (Å²) in [5.41, 5.74) is 2.20. The van der Waals surface area contributed by atoms with E-state index in [1.165, 1.54) is 12.1 Å². The standard InChI is InChI=1S/C23H21FN2O4/c24-21-5-1-15(11-16(21)13-25)2-6-22(27)26-9-7-18(8-10-26)30-19-3-4-20-17(12-19)14-29-23(20)28/h1,3-5,11-12,18H,2,6-10,14H2. The van der Waals surface area contributed by atoms with Gasteiger partial charge in [-0.05, 0) is 42.3 Å². The highest BCUT2D eigenvalue weighted by atomic mass is 19.1. The number of likely N-dealkylation sites (tertiary alicyclic amines) is 1.